The van der Waals surface area contributed by atoms with Gasteiger partial charge >= 0.3 is 0 Å². The quantitative estimate of drug-likeness (QED) is 0.827. The molecule has 4 nitrogen and oxygen atoms in total. The maximum absolute atomic E-state index is 12.1. The Balaban J connectivity index is 2.01. The zero-order chi connectivity index (χ0) is 11.5. The first kappa shape index (κ1) is 11.2. The molecule has 4 heteroatoms. The van der Waals surface area contributed by atoms with Crippen molar-refractivity contribution in [2.24, 2.45) is 11.7 Å². The second kappa shape index (κ2) is 4.70. The van der Waals surface area contributed by atoms with Crippen molar-refractivity contribution in [3.63, 3.8) is 0 Å². The molecule has 1 aromatic heterocycles. The number of furan rings is 1. The Morgan fingerprint density at radius 2 is 2.25 bits per heavy atom. The summed E-state index contributed by atoms with van der Waals surface area (Å²) >= 11 is 0. The Bertz CT molecular complexity index is 365. The first-order valence-corrected chi connectivity index (χ1v) is 5.77. The number of amides is 1. The summed E-state index contributed by atoms with van der Waals surface area (Å²) < 4.78 is 5.17. The summed E-state index contributed by atoms with van der Waals surface area (Å²) in [5, 5.41) is 0. The van der Waals surface area contributed by atoms with E-state index in [4.69, 9.17) is 10.2 Å². The highest BCUT2D eigenvalue weighted by Gasteiger charge is 2.22. The summed E-state index contributed by atoms with van der Waals surface area (Å²) in [6.07, 6.45) is 3.68. The van der Waals surface area contributed by atoms with E-state index >= 15 is 0 Å². The number of carbonyl (C=O) groups excluding carboxylic acids is 1. The first-order chi connectivity index (χ1) is 7.70. The zero-order valence-corrected chi connectivity index (χ0v) is 9.61. The molecule has 1 fully saturated rings. The first-order valence-electron chi connectivity index (χ1n) is 5.77. The third-order valence-corrected chi connectivity index (χ3v) is 3.17. The molecule has 0 saturated carbocycles. The molecule has 1 amide bonds. The highest BCUT2D eigenvalue weighted by molar-refractivity contribution is 5.94. The van der Waals surface area contributed by atoms with E-state index < -0.39 is 0 Å². The monoisotopic (exact) mass is 222 g/mol. The van der Waals surface area contributed by atoms with Crippen molar-refractivity contribution in [2.45, 2.75) is 26.3 Å². The molecule has 0 aliphatic carbocycles. The molecule has 88 valence electrons. The van der Waals surface area contributed by atoms with Crippen molar-refractivity contribution in [2.75, 3.05) is 13.1 Å². The molecule has 16 heavy (non-hydrogen) atoms. The molecule has 1 aliphatic rings. The molecular weight excluding hydrogens is 204 g/mol. The van der Waals surface area contributed by atoms with Crippen molar-refractivity contribution in [3.8, 4) is 0 Å². The van der Waals surface area contributed by atoms with Gasteiger partial charge < -0.3 is 15.1 Å². The molecule has 0 atom stereocenters. The lowest BCUT2D eigenvalue weighted by Gasteiger charge is -2.29. The van der Waals surface area contributed by atoms with Gasteiger partial charge in [0, 0.05) is 13.1 Å². The number of likely N-dealkylation sites (tertiary alicyclic amines) is 1. The maximum Gasteiger partial charge on any atom is 0.257 e. The van der Waals surface area contributed by atoms with Crippen LogP contribution in [0, 0.1) is 5.92 Å². The fourth-order valence-electron chi connectivity index (χ4n) is 1.99. The summed E-state index contributed by atoms with van der Waals surface area (Å²) in [5.74, 6) is 1.46. The Morgan fingerprint density at radius 1 is 1.56 bits per heavy atom. The topological polar surface area (TPSA) is 59.5 Å². The molecule has 0 unspecified atom stereocenters. The predicted octanol–water partition coefficient (Wildman–Crippen LogP) is 1.61. The van der Waals surface area contributed by atoms with Crippen LogP contribution in [0.1, 0.15) is 35.9 Å². The minimum atomic E-state index is 0.0651. The van der Waals surface area contributed by atoms with E-state index in [2.05, 4.69) is 6.92 Å². The largest absolute Gasteiger partial charge is 0.467 e. The highest BCUT2D eigenvalue weighted by atomic mass is 16.3. The molecule has 1 saturated heterocycles. The van der Waals surface area contributed by atoms with Crippen molar-refractivity contribution in [3.05, 3.63) is 23.7 Å². The fraction of sp³-hybridized carbons (Fsp3) is 0.583. The van der Waals surface area contributed by atoms with Gasteiger partial charge in [-0.3, -0.25) is 4.79 Å². The summed E-state index contributed by atoms with van der Waals surface area (Å²) in [5.41, 5.74) is 6.06. The van der Waals surface area contributed by atoms with E-state index in [1.165, 1.54) is 6.26 Å². The Labute approximate surface area is 95.4 Å². The van der Waals surface area contributed by atoms with Gasteiger partial charge in [0.05, 0.1) is 12.1 Å². The minimum Gasteiger partial charge on any atom is -0.467 e. The van der Waals surface area contributed by atoms with Gasteiger partial charge in [-0.1, -0.05) is 6.92 Å². The smallest absolute Gasteiger partial charge is 0.257 e. The summed E-state index contributed by atoms with van der Waals surface area (Å²) in [6.45, 7) is 4.27. The van der Waals surface area contributed by atoms with Crippen LogP contribution in [0.25, 0.3) is 0 Å². The lowest BCUT2D eigenvalue weighted by Crippen LogP contribution is -2.37. The molecule has 0 spiro atoms. The lowest BCUT2D eigenvalue weighted by molar-refractivity contribution is 0.0696. The fourth-order valence-corrected chi connectivity index (χ4v) is 1.99. The van der Waals surface area contributed by atoms with Crippen molar-refractivity contribution in [1.29, 1.82) is 0 Å². The van der Waals surface area contributed by atoms with Gasteiger partial charge in [0.15, 0.2) is 0 Å². The van der Waals surface area contributed by atoms with Crippen molar-refractivity contribution >= 4 is 5.91 Å². The Kier molecular flexibility index (Phi) is 3.29. The molecule has 2 N–H and O–H groups in total. The van der Waals surface area contributed by atoms with Crippen molar-refractivity contribution in [1.82, 2.24) is 4.90 Å². The van der Waals surface area contributed by atoms with E-state index in [1.807, 2.05) is 4.90 Å². The van der Waals surface area contributed by atoms with Crippen LogP contribution in [-0.2, 0) is 6.54 Å². The van der Waals surface area contributed by atoms with Crippen LogP contribution in [0.3, 0.4) is 0 Å². The van der Waals surface area contributed by atoms with Crippen LogP contribution in [-0.4, -0.2) is 23.9 Å². The number of rotatable bonds is 2. The standard InChI is InChI=1S/C12H18N2O2/c1-9-2-4-14(5-3-9)12(15)10-6-11(7-13)16-8-10/h6,8-9H,2-5,7,13H2,1H3. The predicted molar refractivity (Wildman–Crippen MR) is 60.9 cm³/mol. The van der Waals surface area contributed by atoms with Gasteiger partial charge in [-0.05, 0) is 24.8 Å². The van der Waals surface area contributed by atoms with Crippen LogP contribution in [0.15, 0.2) is 16.7 Å². The van der Waals surface area contributed by atoms with E-state index in [0.717, 1.165) is 31.8 Å². The third-order valence-electron chi connectivity index (χ3n) is 3.17. The summed E-state index contributed by atoms with van der Waals surface area (Å²) in [7, 11) is 0. The van der Waals surface area contributed by atoms with Crippen molar-refractivity contribution < 1.29 is 9.21 Å². The molecular formula is C12H18N2O2. The van der Waals surface area contributed by atoms with E-state index in [0.29, 0.717) is 17.9 Å². The average Bonchev–Trinajstić information content (AvgIpc) is 2.77. The van der Waals surface area contributed by atoms with Gasteiger partial charge in [0.25, 0.3) is 5.91 Å². The number of hydrogen-bond donors (Lipinski definition) is 1. The van der Waals surface area contributed by atoms with Gasteiger partial charge in [0.2, 0.25) is 0 Å². The zero-order valence-electron chi connectivity index (χ0n) is 9.61. The van der Waals surface area contributed by atoms with E-state index in [1.54, 1.807) is 6.07 Å². The van der Waals surface area contributed by atoms with E-state index in [9.17, 15) is 4.79 Å². The molecule has 1 aliphatic heterocycles. The van der Waals surface area contributed by atoms with Gasteiger partial charge in [-0.2, -0.15) is 0 Å². The van der Waals surface area contributed by atoms with Gasteiger partial charge in [-0.15, -0.1) is 0 Å². The second-order valence-corrected chi connectivity index (χ2v) is 4.48. The van der Waals surface area contributed by atoms with E-state index in [-0.39, 0.29) is 5.91 Å². The maximum atomic E-state index is 12.1. The lowest BCUT2D eigenvalue weighted by atomic mass is 9.99. The van der Waals surface area contributed by atoms with Crippen LogP contribution in [0.5, 0.6) is 0 Å². The third kappa shape index (κ3) is 2.27. The van der Waals surface area contributed by atoms with Crippen LogP contribution in [0.2, 0.25) is 0 Å². The minimum absolute atomic E-state index is 0.0651. The number of carbonyl (C=O) groups is 1. The Hall–Kier alpha value is -1.29. The van der Waals surface area contributed by atoms with Crippen LogP contribution < -0.4 is 5.73 Å². The molecule has 0 bridgehead atoms. The summed E-state index contributed by atoms with van der Waals surface area (Å²) in [4.78, 5) is 14.0. The second-order valence-electron chi connectivity index (χ2n) is 4.48. The SMILES string of the molecule is CC1CCN(C(=O)c2coc(CN)c2)CC1. The molecule has 0 radical (unpaired) electrons. The number of hydrogen-bond acceptors (Lipinski definition) is 3. The van der Waals surface area contributed by atoms with Gasteiger partial charge in [0.1, 0.15) is 12.0 Å². The average molecular weight is 222 g/mol. The van der Waals surface area contributed by atoms with Crippen LogP contribution in [0.4, 0.5) is 0 Å². The van der Waals surface area contributed by atoms with Crippen LogP contribution >= 0.6 is 0 Å². The number of nitrogens with zero attached hydrogens (tertiary/aromatic N) is 1. The summed E-state index contributed by atoms with van der Waals surface area (Å²) in [6, 6.07) is 1.74. The van der Waals surface area contributed by atoms with Gasteiger partial charge in [-0.25, -0.2) is 0 Å². The highest BCUT2D eigenvalue weighted by Crippen LogP contribution is 2.19. The number of nitrogens with two attached hydrogens (primary N) is 1. The molecule has 2 rings (SSSR count). The molecule has 2 heterocycles. The molecule has 0 aromatic carbocycles. The Morgan fingerprint density at radius 3 is 2.81 bits per heavy atom. The number of piperidine rings is 1. The molecule has 1 aromatic rings. The normalized spacial score (nSPS) is 17.8.